The van der Waals surface area contributed by atoms with E-state index in [2.05, 4.69) is 22.8 Å². The molecule has 0 saturated carbocycles. The average Bonchev–Trinajstić information content (AvgIpc) is 3.25. The third-order valence-electron chi connectivity index (χ3n) is 7.48. The lowest BCUT2D eigenvalue weighted by atomic mass is 9.90. The molecule has 8 heteroatoms. The van der Waals surface area contributed by atoms with Crippen LogP contribution in [0.5, 0.6) is 0 Å². The number of nitrogens with zero attached hydrogens (tertiary/aromatic N) is 1. The Morgan fingerprint density at radius 3 is 2.27 bits per heavy atom. The van der Waals surface area contributed by atoms with Crippen molar-refractivity contribution in [2.24, 2.45) is 5.41 Å². The molecule has 0 aliphatic carbocycles. The number of hydrogen-bond acceptors (Lipinski definition) is 5. The minimum absolute atomic E-state index is 0.0377. The molecule has 3 rings (SSSR count). The largest absolute Gasteiger partial charge is 0.444 e. The molecule has 3 amide bonds. The number of nitrogens with one attached hydrogen (secondary N) is 2. The van der Waals surface area contributed by atoms with Crippen molar-refractivity contribution < 1.29 is 23.9 Å². The van der Waals surface area contributed by atoms with E-state index in [4.69, 9.17) is 4.74 Å². The Labute approximate surface area is 237 Å². The van der Waals surface area contributed by atoms with Gasteiger partial charge in [0.2, 0.25) is 11.7 Å². The number of ketones is 1. The van der Waals surface area contributed by atoms with Gasteiger partial charge in [0.25, 0.3) is 5.91 Å². The number of Topliss-reactive ketones (excluding diaryl/α,β-unsaturated/α-hetero) is 1. The molecule has 1 aliphatic heterocycles. The topological polar surface area (TPSA) is 105 Å². The molecule has 0 unspecified atom stereocenters. The lowest BCUT2D eigenvalue weighted by molar-refractivity contribution is -0.139. The van der Waals surface area contributed by atoms with Gasteiger partial charge in [-0.15, -0.1) is 0 Å². The number of amides is 3. The molecule has 216 valence electrons. The summed E-state index contributed by atoms with van der Waals surface area (Å²) in [6.45, 7) is 8.48. The van der Waals surface area contributed by atoms with Crippen LogP contribution >= 0.6 is 0 Å². The van der Waals surface area contributed by atoms with Crippen molar-refractivity contribution in [3.63, 3.8) is 0 Å². The van der Waals surface area contributed by atoms with E-state index in [0.717, 1.165) is 24.8 Å². The maximum Gasteiger partial charge on any atom is 0.408 e. The van der Waals surface area contributed by atoms with Crippen LogP contribution in [0.15, 0.2) is 60.7 Å². The van der Waals surface area contributed by atoms with Crippen molar-refractivity contribution in [3.05, 3.63) is 71.8 Å². The van der Waals surface area contributed by atoms with E-state index >= 15 is 0 Å². The van der Waals surface area contributed by atoms with Crippen molar-refractivity contribution in [1.29, 1.82) is 0 Å². The Hall–Kier alpha value is -3.68. The van der Waals surface area contributed by atoms with Gasteiger partial charge < -0.3 is 20.3 Å². The summed E-state index contributed by atoms with van der Waals surface area (Å²) in [5.41, 5.74) is 1.63. The predicted octanol–water partition coefficient (Wildman–Crippen LogP) is 4.98. The summed E-state index contributed by atoms with van der Waals surface area (Å²) in [5.74, 6) is -1.41. The van der Waals surface area contributed by atoms with Crippen LogP contribution in [0.2, 0.25) is 0 Å². The highest BCUT2D eigenvalue weighted by atomic mass is 16.6. The summed E-state index contributed by atoms with van der Waals surface area (Å²) in [7, 11) is 0. The van der Waals surface area contributed by atoms with Gasteiger partial charge in [-0.3, -0.25) is 14.4 Å². The number of ether oxygens (including phenoxy) is 1. The zero-order valence-electron chi connectivity index (χ0n) is 24.2. The molecule has 8 nitrogen and oxygen atoms in total. The highest BCUT2D eigenvalue weighted by Crippen LogP contribution is 2.32. The van der Waals surface area contributed by atoms with Crippen molar-refractivity contribution in [3.8, 4) is 0 Å². The number of alkyl carbamates (subject to hydrolysis) is 1. The molecule has 40 heavy (non-hydrogen) atoms. The van der Waals surface area contributed by atoms with Gasteiger partial charge in [0.1, 0.15) is 12.1 Å². The molecule has 3 atom stereocenters. The number of aryl methyl sites for hydroxylation is 1. The lowest BCUT2D eigenvalue weighted by Crippen LogP contribution is -2.49. The Morgan fingerprint density at radius 2 is 1.62 bits per heavy atom. The van der Waals surface area contributed by atoms with Gasteiger partial charge in [-0.1, -0.05) is 94.3 Å². The number of benzene rings is 2. The van der Waals surface area contributed by atoms with E-state index in [1.54, 1.807) is 11.8 Å². The first kappa shape index (κ1) is 30.9. The molecule has 2 aromatic carbocycles. The highest BCUT2D eigenvalue weighted by molar-refractivity contribution is 6.38. The van der Waals surface area contributed by atoms with E-state index < -0.39 is 35.3 Å². The monoisotopic (exact) mass is 549 g/mol. The maximum atomic E-state index is 13.0. The van der Waals surface area contributed by atoms with Crippen LogP contribution < -0.4 is 10.6 Å². The lowest BCUT2D eigenvalue weighted by Gasteiger charge is -2.26. The minimum Gasteiger partial charge on any atom is -0.444 e. The Bertz CT molecular complexity index is 1140. The molecule has 0 bridgehead atoms. The van der Waals surface area contributed by atoms with Crippen molar-refractivity contribution in [2.75, 3.05) is 13.1 Å². The van der Waals surface area contributed by atoms with E-state index in [9.17, 15) is 19.2 Å². The Balaban J connectivity index is 1.53. The van der Waals surface area contributed by atoms with Gasteiger partial charge in [0, 0.05) is 18.4 Å². The summed E-state index contributed by atoms with van der Waals surface area (Å²) in [5, 5.41) is 5.36. The first-order valence-corrected chi connectivity index (χ1v) is 14.3. The SMILES string of the molecule is CCCC[C@H](NC(=O)O[C@H]1CN(C(=O)CCCc2ccccc2)CC1(C)C)C(=O)C(=O)N[C@H](C)c1ccccc1. The van der Waals surface area contributed by atoms with Crippen LogP contribution in [-0.4, -0.2) is 53.8 Å². The molecule has 2 aromatic rings. The molecule has 2 N–H and O–H groups in total. The van der Waals surface area contributed by atoms with Gasteiger partial charge >= 0.3 is 6.09 Å². The van der Waals surface area contributed by atoms with Gasteiger partial charge in [0.05, 0.1) is 12.6 Å². The predicted molar refractivity (Wildman–Crippen MR) is 154 cm³/mol. The maximum absolute atomic E-state index is 13.0. The van der Waals surface area contributed by atoms with Crippen LogP contribution in [-0.2, 0) is 25.5 Å². The Kier molecular flexibility index (Phi) is 11.3. The number of hydrogen-bond donors (Lipinski definition) is 2. The third kappa shape index (κ3) is 8.93. The van der Waals surface area contributed by atoms with Crippen LogP contribution in [0.3, 0.4) is 0 Å². The van der Waals surface area contributed by atoms with Gasteiger partial charge in [-0.05, 0) is 37.3 Å². The molecular weight excluding hydrogens is 506 g/mol. The van der Waals surface area contributed by atoms with Gasteiger partial charge in [-0.2, -0.15) is 0 Å². The zero-order chi connectivity index (χ0) is 29.1. The van der Waals surface area contributed by atoms with E-state index in [0.29, 0.717) is 32.4 Å². The Morgan fingerprint density at radius 1 is 0.975 bits per heavy atom. The number of carbonyl (C=O) groups excluding carboxylic acids is 4. The summed E-state index contributed by atoms with van der Waals surface area (Å²) >= 11 is 0. The fourth-order valence-corrected chi connectivity index (χ4v) is 4.97. The standard InChI is InChI=1S/C32H43N3O5/c1-5-6-19-26(29(37)30(38)33-23(2)25-17-11-8-12-18-25)34-31(39)40-27-21-35(22-32(27,3)4)28(36)20-13-16-24-14-9-7-10-15-24/h7-12,14-15,17-18,23,26-27H,5-6,13,16,19-22H2,1-4H3,(H,33,38)(H,34,39)/t23-,26+,27+/m1/s1. The summed E-state index contributed by atoms with van der Waals surface area (Å²) in [6.07, 6.45) is 2.52. The zero-order valence-corrected chi connectivity index (χ0v) is 24.2. The van der Waals surface area contributed by atoms with E-state index in [1.807, 2.05) is 69.3 Å². The van der Waals surface area contributed by atoms with Crippen LogP contribution in [0, 0.1) is 5.41 Å². The number of likely N-dealkylation sites (tertiary alicyclic amines) is 1. The smallest absolute Gasteiger partial charge is 0.408 e. The fourth-order valence-electron chi connectivity index (χ4n) is 4.97. The van der Waals surface area contributed by atoms with Crippen LogP contribution in [0.25, 0.3) is 0 Å². The summed E-state index contributed by atoms with van der Waals surface area (Å²) in [6, 6.07) is 18.1. The average molecular weight is 550 g/mol. The molecule has 1 aliphatic rings. The molecule has 1 heterocycles. The minimum atomic E-state index is -0.990. The van der Waals surface area contributed by atoms with Gasteiger partial charge in [-0.25, -0.2) is 4.79 Å². The van der Waals surface area contributed by atoms with Crippen LogP contribution in [0.1, 0.15) is 77.0 Å². The molecule has 0 aromatic heterocycles. The normalized spacial score (nSPS) is 17.5. The summed E-state index contributed by atoms with van der Waals surface area (Å²) in [4.78, 5) is 53.3. The fraction of sp³-hybridized carbons (Fsp3) is 0.500. The molecule has 0 spiro atoms. The summed E-state index contributed by atoms with van der Waals surface area (Å²) < 4.78 is 5.74. The van der Waals surface area contributed by atoms with Crippen LogP contribution in [0.4, 0.5) is 4.79 Å². The van der Waals surface area contributed by atoms with E-state index in [1.165, 1.54) is 5.56 Å². The molecule has 1 fully saturated rings. The number of carbonyl (C=O) groups is 4. The molecule has 0 radical (unpaired) electrons. The molecule has 1 saturated heterocycles. The quantitative estimate of drug-likeness (QED) is 0.343. The van der Waals surface area contributed by atoms with Crippen molar-refractivity contribution in [1.82, 2.24) is 15.5 Å². The highest BCUT2D eigenvalue weighted by Gasteiger charge is 2.44. The third-order valence-corrected chi connectivity index (χ3v) is 7.48. The second-order valence-corrected chi connectivity index (χ2v) is 11.3. The van der Waals surface area contributed by atoms with Gasteiger partial charge in [0.15, 0.2) is 0 Å². The second kappa shape index (κ2) is 14.6. The van der Waals surface area contributed by atoms with E-state index in [-0.39, 0.29) is 11.9 Å². The van der Waals surface area contributed by atoms with Crippen molar-refractivity contribution in [2.45, 2.75) is 84.4 Å². The second-order valence-electron chi connectivity index (χ2n) is 11.3. The number of unbranched alkanes of at least 4 members (excludes halogenated alkanes) is 1. The first-order valence-electron chi connectivity index (χ1n) is 14.3. The molecular formula is C32H43N3O5. The van der Waals surface area contributed by atoms with Crippen molar-refractivity contribution >= 4 is 23.7 Å². The number of rotatable bonds is 13. The first-order chi connectivity index (χ1) is 19.1.